The molecule has 0 unspecified atom stereocenters. The molecule has 0 heterocycles. The molecule has 13 heavy (non-hydrogen) atoms. The SMILES string of the molecule is C[C@H](C(=O)O)[C@@H]1CCCC[C@@H]1N.Cl. The van der Waals surface area contributed by atoms with Gasteiger partial charge in [0.15, 0.2) is 0 Å². The highest BCUT2D eigenvalue weighted by molar-refractivity contribution is 5.85. The van der Waals surface area contributed by atoms with Crippen LogP contribution >= 0.6 is 12.4 Å². The van der Waals surface area contributed by atoms with Crippen LogP contribution in [0.25, 0.3) is 0 Å². The summed E-state index contributed by atoms with van der Waals surface area (Å²) in [4.78, 5) is 10.7. The first-order chi connectivity index (χ1) is 5.63. The number of hydrogen-bond acceptors (Lipinski definition) is 2. The van der Waals surface area contributed by atoms with E-state index in [-0.39, 0.29) is 30.3 Å². The molecule has 3 nitrogen and oxygen atoms in total. The predicted octanol–water partition coefficient (Wildman–Crippen LogP) is 1.65. The number of nitrogens with two attached hydrogens (primary N) is 1. The second-order valence-corrected chi connectivity index (χ2v) is 3.74. The molecule has 3 atom stereocenters. The van der Waals surface area contributed by atoms with E-state index in [0.29, 0.717) is 0 Å². The average Bonchev–Trinajstić information content (AvgIpc) is 2.04. The molecule has 0 amide bonds. The van der Waals surface area contributed by atoms with Gasteiger partial charge in [-0.25, -0.2) is 0 Å². The van der Waals surface area contributed by atoms with Gasteiger partial charge in [-0.15, -0.1) is 12.4 Å². The molecule has 1 aliphatic rings. The zero-order valence-electron chi connectivity index (χ0n) is 7.90. The lowest BCUT2D eigenvalue weighted by molar-refractivity contribution is -0.143. The molecule has 0 spiro atoms. The van der Waals surface area contributed by atoms with Gasteiger partial charge in [0.25, 0.3) is 0 Å². The van der Waals surface area contributed by atoms with Gasteiger partial charge in [-0.2, -0.15) is 0 Å². The second-order valence-electron chi connectivity index (χ2n) is 3.74. The fourth-order valence-corrected chi connectivity index (χ4v) is 1.99. The Bertz CT molecular complexity index is 175. The third-order valence-corrected chi connectivity index (χ3v) is 2.91. The van der Waals surface area contributed by atoms with E-state index < -0.39 is 5.97 Å². The van der Waals surface area contributed by atoms with E-state index in [1.807, 2.05) is 0 Å². The highest BCUT2D eigenvalue weighted by atomic mass is 35.5. The first-order valence-corrected chi connectivity index (χ1v) is 4.61. The van der Waals surface area contributed by atoms with Crippen molar-refractivity contribution >= 4 is 18.4 Å². The molecule has 0 bridgehead atoms. The van der Waals surface area contributed by atoms with E-state index in [4.69, 9.17) is 10.8 Å². The first-order valence-electron chi connectivity index (χ1n) is 4.61. The molecular formula is C9H18ClNO2. The van der Waals surface area contributed by atoms with Crippen LogP contribution in [-0.2, 0) is 4.79 Å². The van der Waals surface area contributed by atoms with Crippen LogP contribution in [0.15, 0.2) is 0 Å². The Morgan fingerprint density at radius 1 is 1.46 bits per heavy atom. The lowest BCUT2D eigenvalue weighted by Crippen LogP contribution is -2.39. The summed E-state index contributed by atoms with van der Waals surface area (Å²) < 4.78 is 0. The van der Waals surface area contributed by atoms with Crippen molar-refractivity contribution in [3.05, 3.63) is 0 Å². The van der Waals surface area contributed by atoms with Gasteiger partial charge in [0, 0.05) is 6.04 Å². The van der Waals surface area contributed by atoms with E-state index in [9.17, 15) is 4.79 Å². The van der Waals surface area contributed by atoms with Crippen LogP contribution in [-0.4, -0.2) is 17.1 Å². The van der Waals surface area contributed by atoms with E-state index in [2.05, 4.69) is 0 Å². The van der Waals surface area contributed by atoms with Crippen molar-refractivity contribution in [2.24, 2.45) is 17.6 Å². The quantitative estimate of drug-likeness (QED) is 0.724. The number of aliphatic carboxylic acids is 1. The van der Waals surface area contributed by atoms with Crippen LogP contribution in [0.2, 0.25) is 0 Å². The summed E-state index contributed by atoms with van der Waals surface area (Å²) in [6.07, 6.45) is 4.26. The van der Waals surface area contributed by atoms with Gasteiger partial charge in [-0.1, -0.05) is 19.8 Å². The molecule has 1 saturated carbocycles. The van der Waals surface area contributed by atoms with Crippen LogP contribution in [0.5, 0.6) is 0 Å². The number of carbonyl (C=O) groups is 1. The van der Waals surface area contributed by atoms with Crippen LogP contribution in [0.1, 0.15) is 32.6 Å². The van der Waals surface area contributed by atoms with Crippen molar-refractivity contribution in [1.29, 1.82) is 0 Å². The minimum Gasteiger partial charge on any atom is -0.481 e. The van der Waals surface area contributed by atoms with Gasteiger partial charge in [0.1, 0.15) is 0 Å². The zero-order chi connectivity index (χ0) is 9.14. The molecule has 0 aromatic heterocycles. The molecule has 0 aromatic carbocycles. The standard InChI is InChI=1S/C9H17NO2.ClH/c1-6(9(11)12)7-4-2-3-5-8(7)10;/h6-8H,2-5,10H2,1H3,(H,11,12);1H/t6-,7-,8-;/m0./s1. The van der Waals surface area contributed by atoms with Gasteiger partial charge in [0.2, 0.25) is 0 Å². The van der Waals surface area contributed by atoms with E-state index in [1.165, 1.54) is 0 Å². The van der Waals surface area contributed by atoms with Crippen molar-refractivity contribution in [1.82, 2.24) is 0 Å². The predicted molar refractivity (Wildman–Crippen MR) is 54.0 cm³/mol. The zero-order valence-corrected chi connectivity index (χ0v) is 8.72. The van der Waals surface area contributed by atoms with E-state index in [0.717, 1.165) is 25.7 Å². The average molecular weight is 208 g/mol. The summed E-state index contributed by atoms with van der Waals surface area (Å²) in [6.45, 7) is 1.76. The first kappa shape index (κ1) is 12.7. The minimum atomic E-state index is -0.711. The van der Waals surface area contributed by atoms with Crippen LogP contribution < -0.4 is 5.73 Å². The van der Waals surface area contributed by atoms with Gasteiger partial charge in [-0.05, 0) is 18.8 Å². The summed E-state index contributed by atoms with van der Waals surface area (Å²) >= 11 is 0. The number of carboxylic acids is 1. The Hall–Kier alpha value is -0.280. The monoisotopic (exact) mass is 207 g/mol. The van der Waals surface area contributed by atoms with Gasteiger partial charge in [-0.3, -0.25) is 4.79 Å². The Morgan fingerprint density at radius 3 is 2.46 bits per heavy atom. The van der Waals surface area contributed by atoms with E-state index in [1.54, 1.807) is 6.92 Å². The van der Waals surface area contributed by atoms with Crippen molar-refractivity contribution in [3.8, 4) is 0 Å². The molecular weight excluding hydrogens is 190 g/mol. The maximum absolute atomic E-state index is 10.7. The van der Waals surface area contributed by atoms with Crippen molar-refractivity contribution in [2.45, 2.75) is 38.6 Å². The maximum Gasteiger partial charge on any atom is 0.306 e. The molecule has 0 radical (unpaired) electrons. The Balaban J connectivity index is 0.00000144. The lowest BCUT2D eigenvalue weighted by atomic mass is 9.77. The van der Waals surface area contributed by atoms with Gasteiger partial charge < -0.3 is 10.8 Å². The number of halogens is 1. The molecule has 4 heteroatoms. The number of rotatable bonds is 2. The van der Waals surface area contributed by atoms with Crippen molar-refractivity contribution in [2.75, 3.05) is 0 Å². The molecule has 0 saturated heterocycles. The third kappa shape index (κ3) is 3.16. The van der Waals surface area contributed by atoms with Crippen LogP contribution in [0.4, 0.5) is 0 Å². The molecule has 1 rings (SSSR count). The highest BCUT2D eigenvalue weighted by Crippen LogP contribution is 2.29. The molecule has 78 valence electrons. The van der Waals surface area contributed by atoms with Crippen LogP contribution in [0.3, 0.4) is 0 Å². The molecule has 1 fully saturated rings. The lowest BCUT2D eigenvalue weighted by Gasteiger charge is -2.31. The van der Waals surface area contributed by atoms with Crippen molar-refractivity contribution in [3.63, 3.8) is 0 Å². The topological polar surface area (TPSA) is 63.3 Å². The highest BCUT2D eigenvalue weighted by Gasteiger charge is 2.30. The fraction of sp³-hybridized carbons (Fsp3) is 0.889. The normalized spacial score (nSPS) is 30.3. The maximum atomic E-state index is 10.7. The third-order valence-electron chi connectivity index (χ3n) is 2.91. The summed E-state index contributed by atoms with van der Waals surface area (Å²) in [6, 6.07) is 0.102. The summed E-state index contributed by atoms with van der Waals surface area (Å²) in [5.74, 6) is -0.797. The van der Waals surface area contributed by atoms with Crippen LogP contribution in [0, 0.1) is 11.8 Å². The Labute approximate surface area is 85.1 Å². The molecule has 1 aliphatic carbocycles. The molecule has 3 N–H and O–H groups in total. The van der Waals surface area contributed by atoms with Gasteiger partial charge >= 0.3 is 5.97 Å². The summed E-state index contributed by atoms with van der Waals surface area (Å²) in [7, 11) is 0. The van der Waals surface area contributed by atoms with E-state index >= 15 is 0 Å². The Morgan fingerprint density at radius 2 is 2.00 bits per heavy atom. The Kier molecular flexibility index (Phi) is 5.33. The summed E-state index contributed by atoms with van der Waals surface area (Å²) in [5, 5.41) is 8.80. The fourth-order valence-electron chi connectivity index (χ4n) is 1.99. The molecule has 0 aromatic rings. The number of hydrogen-bond donors (Lipinski definition) is 2. The molecule has 0 aliphatic heterocycles. The van der Waals surface area contributed by atoms with Gasteiger partial charge in [0.05, 0.1) is 5.92 Å². The minimum absolute atomic E-state index is 0. The second kappa shape index (κ2) is 5.45. The number of carboxylic acid groups (broad SMARTS) is 1. The smallest absolute Gasteiger partial charge is 0.306 e. The summed E-state index contributed by atoms with van der Waals surface area (Å²) in [5.41, 5.74) is 5.85. The largest absolute Gasteiger partial charge is 0.481 e. The van der Waals surface area contributed by atoms with Crippen molar-refractivity contribution < 1.29 is 9.90 Å².